The van der Waals surface area contributed by atoms with E-state index in [1.54, 1.807) is 13.0 Å². The van der Waals surface area contributed by atoms with Crippen LogP contribution in [0.4, 0.5) is 0 Å². The largest absolute Gasteiger partial charge is 0.316 e. The second-order valence-corrected chi connectivity index (χ2v) is 7.09. The number of nitrogens with one attached hydrogen (secondary N) is 2. The Hall–Kier alpha value is -0.660. The van der Waals surface area contributed by atoms with E-state index in [1.807, 2.05) is 26.0 Å². The third-order valence-corrected chi connectivity index (χ3v) is 4.75. The van der Waals surface area contributed by atoms with Crippen molar-refractivity contribution in [1.82, 2.24) is 14.9 Å². The third kappa shape index (κ3) is 4.71. The highest BCUT2D eigenvalue weighted by Crippen LogP contribution is 2.24. The summed E-state index contributed by atoms with van der Waals surface area (Å²) in [6, 6.07) is 3.28. The highest BCUT2D eigenvalue weighted by molar-refractivity contribution is 7.89. The van der Waals surface area contributed by atoms with Crippen LogP contribution in [0.15, 0.2) is 17.0 Å². The van der Waals surface area contributed by atoms with Crippen LogP contribution in [0.25, 0.3) is 0 Å². The first-order valence-electron chi connectivity index (χ1n) is 6.36. The van der Waals surface area contributed by atoms with Gasteiger partial charge in [-0.25, -0.2) is 13.1 Å². The fraction of sp³-hybridized carbons (Fsp3) is 0.538. The van der Waals surface area contributed by atoms with E-state index in [-0.39, 0.29) is 4.90 Å². The second-order valence-electron chi connectivity index (χ2n) is 4.92. The Morgan fingerprint density at radius 3 is 2.50 bits per heavy atom. The monoisotopic (exact) mass is 319 g/mol. The van der Waals surface area contributed by atoms with Crippen LogP contribution in [0, 0.1) is 6.92 Å². The Labute approximate surface area is 126 Å². The van der Waals surface area contributed by atoms with Gasteiger partial charge in [0.05, 0.1) is 4.90 Å². The molecule has 0 saturated heterocycles. The van der Waals surface area contributed by atoms with Crippen molar-refractivity contribution in [2.75, 3.05) is 34.2 Å². The van der Waals surface area contributed by atoms with E-state index < -0.39 is 10.0 Å². The zero-order chi connectivity index (χ0) is 15.3. The van der Waals surface area contributed by atoms with Crippen LogP contribution < -0.4 is 10.0 Å². The number of halogens is 1. The molecule has 0 bridgehead atoms. The van der Waals surface area contributed by atoms with Gasteiger partial charge < -0.3 is 10.2 Å². The predicted molar refractivity (Wildman–Crippen MR) is 82.7 cm³/mol. The van der Waals surface area contributed by atoms with E-state index in [2.05, 4.69) is 10.0 Å². The lowest BCUT2D eigenvalue weighted by molar-refractivity contribution is 0.412. The van der Waals surface area contributed by atoms with Gasteiger partial charge in [0.15, 0.2) is 0 Å². The summed E-state index contributed by atoms with van der Waals surface area (Å²) in [6.07, 6.45) is 0. The van der Waals surface area contributed by atoms with Crippen molar-refractivity contribution in [3.63, 3.8) is 0 Å². The minimum Gasteiger partial charge on any atom is -0.316 e. The average molecular weight is 320 g/mol. The van der Waals surface area contributed by atoms with Crippen LogP contribution in [0.3, 0.4) is 0 Å². The van der Waals surface area contributed by atoms with Crippen LogP contribution in [0.5, 0.6) is 0 Å². The molecular weight excluding hydrogens is 298 g/mol. The van der Waals surface area contributed by atoms with Crippen molar-refractivity contribution in [1.29, 1.82) is 0 Å². The van der Waals surface area contributed by atoms with Crippen molar-refractivity contribution in [2.24, 2.45) is 0 Å². The molecule has 0 heterocycles. The molecule has 20 heavy (non-hydrogen) atoms. The summed E-state index contributed by atoms with van der Waals surface area (Å²) < 4.78 is 27.3. The van der Waals surface area contributed by atoms with E-state index in [1.165, 1.54) is 6.07 Å². The zero-order valence-corrected chi connectivity index (χ0v) is 13.9. The summed E-state index contributed by atoms with van der Waals surface area (Å²) >= 11 is 6.02. The van der Waals surface area contributed by atoms with Crippen LogP contribution >= 0.6 is 11.6 Å². The van der Waals surface area contributed by atoms with Crippen molar-refractivity contribution in [3.8, 4) is 0 Å². The van der Waals surface area contributed by atoms with Crippen LogP contribution in [0.2, 0.25) is 5.02 Å². The normalized spacial score (nSPS) is 12.1. The predicted octanol–water partition coefficient (Wildman–Crippen LogP) is 1.21. The Balaban J connectivity index is 3.05. The highest BCUT2D eigenvalue weighted by atomic mass is 35.5. The maximum absolute atomic E-state index is 12.3. The number of hydrogen-bond acceptors (Lipinski definition) is 4. The number of hydrogen-bond donors (Lipinski definition) is 2. The maximum atomic E-state index is 12.3. The van der Waals surface area contributed by atoms with E-state index in [0.717, 1.165) is 11.1 Å². The Morgan fingerprint density at radius 2 is 1.95 bits per heavy atom. The summed E-state index contributed by atoms with van der Waals surface area (Å²) in [7, 11) is 2.06. The molecule has 0 fully saturated rings. The van der Waals surface area contributed by atoms with Crippen molar-refractivity contribution in [2.45, 2.75) is 18.4 Å². The van der Waals surface area contributed by atoms with E-state index in [9.17, 15) is 8.42 Å². The quantitative estimate of drug-likeness (QED) is 0.793. The van der Waals surface area contributed by atoms with Crippen LogP contribution in [0.1, 0.15) is 11.1 Å². The van der Waals surface area contributed by atoms with Gasteiger partial charge in [-0.2, -0.15) is 0 Å². The summed E-state index contributed by atoms with van der Waals surface area (Å²) in [5.74, 6) is 0. The number of likely N-dealkylation sites (N-methyl/N-ethyl adjacent to an activating group) is 1. The molecule has 0 atom stereocenters. The molecule has 2 N–H and O–H groups in total. The number of benzene rings is 1. The maximum Gasteiger partial charge on any atom is 0.240 e. The lowest BCUT2D eigenvalue weighted by atomic mass is 10.1. The minimum absolute atomic E-state index is 0.244. The summed E-state index contributed by atoms with van der Waals surface area (Å²) in [5, 5.41) is 3.43. The van der Waals surface area contributed by atoms with Gasteiger partial charge in [0, 0.05) is 24.7 Å². The lowest BCUT2D eigenvalue weighted by Gasteiger charge is -2.15. The topological polar surface area (TPSA) is 61.4 Å². The highest BCUT2D eigenvalue weighted by Gasteiger charge is 2.19. The summed E-state index contributed by atoms with van der Waals surface area (Å²) in [6.45, 7) is 3.38. The molecule has 5 nitrogen and oxygen atoms in total. The van der Waals surface area contributed by atoms with Crippen molar-refractivity contribution >= 4 is 21.6 Å². The average Bonchev–Trinajstić information content (AvgIpc) is 2.32. The smallest absolute Gasteiger partial charge is 0.240 e. The van der Waals surface area contributed by atoms with Crippen molar-refractivity contribution in [3.05, 3.63) is 28.3 Å². The molecule has 0 saturated carbocycles. The molecule has 1 aromatic carbocycles. The van der Waals surface area contributed by atoms with Gasteiger partial charge in [0.25, 0.3) is 0 Å². The number of sulfonamides is 1. The molecule has 0 aliphatic rings. The lowest BCUT2D eigenvalue weighted by Crippen LogP contribution is -2.32. The van der Waals surface area contributed by atoms with Gasteiger partial charge in [-0.3, -0.25) is 0 Å². The molecule has 0 amide bonds. The van der Waals surface area contributed by atoms with Gasteiger partial charge in [-0.05, 0) is 51.3 Å². The van der Waals surface area contributed by atoms with E-state index >= 15 is 0 Å². The third-order valence-electron chi connectivity index (χ3n) is 2.94. The Bertz CT molecular complexity index is 559. The Kier molecular flexibility index (Phi) is 6.42. The summed E-state index contributed by atoms with van der Waals surface area (Å²) in [4.78, 5) is 2.16. The van der Waals surface area contributed by atoms with Crippen LogP contribution in [-0.2, 0) is 16.6 Å². The molecule has 1 aromatic rings. The molecule has 114 valence electrons. The van der Waals surface area contributed by atoms with E-state index in [4.69, 9.17) is 11.6 Å². The molecule has 0 unspecified atom stereocenters. The molecule has 0 radical (unpaired) electrons. The molecule has 0 aliphatic heterocycles. The fourth-order valence-corrected chi connectivity index (χ4v) is 3.48. The molecule has 0 aliphatic carbocycles. The molecule has 0 spiro atoms. The fourth-order valence-electron chi connectivity index (χ4n) is 1.84. The van der Waals surface area contributed by atoms with Gasteiger partial charge in [-0.1, -0.05) is 11.6 Å². The number of nitrogens with zero attached hydrogens (tertiary/aromatic N) is 1. The second kappa shape index (κ2) is 7.38. The SMILES string of the molecule is CNCc1cc(Cl)cc(S(=O)(=O)NCCN(C)C)c1C. The van der Waals surface area contributed by atoms with Crippen molar-refractivity contribution < 1.29 is 8.42 Å². The van der Waals surface area contributed by atoms with Gasteiger partial charge in [-0.15, -0.1) is 0 Å². The first-order chi connectivity index (χ1) is 9.27. The Morgan fingerprint density at radius 1 is 1.30 bits per heavy atom. The van der Waals surface area contributed by atoms with Gasteiger partial charge in [0.2, 0.25) is 10.0 Å². The minimum atomic E-state index is -3.54. The van der Waals surface area contributed by atoms with Gasteiger partial charge in [0.1, 0.15) is 0 Å². The van der Waals surface area contributed by atoms with Crippen LogP contribution in [-0.4, -0.2) is 47.6 Å². The molecule has 7 heteroatoms. The summed E-state index contributed by atoms with van der Waals surface area (Å²) in [5.41, 5.74) is 1.61. The number of rotatable bonds is 7. The first kappa shape index (κ1) is 17.4. The molecule has 1 rings (SSSR count). The standard InChI is InChI=1S/C13H22ClN3O2S/c1-10-11(9-15-2)7-12(14)8-13(10)20(18,19)16-5-6-17(3)4/h7-8,15-16H,5-6,9H2,1-4H3. The molecule has 0 aromatic heterocycles. The van der Waals surface area contributed by atoms with Gasteiger partial charge >= 0.3 is 0 Å². The zero-order valence-electron chi connectivity index (χ0n) is 12.3. The van der Waals surface area contributed by atoms with E-state index in [0.29, 0.717) is 24.7 Å². The first-order valence-corrected chi connectivity index (χ1v) is 8.22. The molecular formula is C13H22ClN3O2S.